The Morgan fingerprint density at radius 2 is 2.38 bits per heavy atom. The van der Waals surface area contributed by atoms with Crippen LogP contribution >= 0.6 is 11.3 Å². The quantitative estimate of drug-likeness (QED) is 0.871. The third-order valence-corrected chi connectivity index (χ3v) is 4.05. The van der Waals surface area contributed by atoms with Crippen LogP contribution < -0.4 is 5.32 Å². The zero-order chi connectivity index (χ0) is 11.4. The summed E-state index contributed by atoms with van der Waals surface area (Å²) in [5, 5.41) is 5.90. The summed E-state index contributed by atoms with van der Waals surface area (Å²) < 4.78 is 5.52. The average molecular weight is 239 g/mol. The van der Waals surface area contributed by atoms with E-state index in [0.29, 0.717) is 18.0 Å². The van der Waals surface area contributed by atoms with Gasteiger partial charge >= 0.3 is 0 Å². The fraction of sp³-hybridized carbons (Fsp3) is 0.692. The first kappa shape index (κ1) is 12.1. The number of hydrogen-bond acceptors (Lipinski definition) is 3. The van der Waals surface area contributed by atoms with Crippen LogP contribution in [0.3, 0.4) is 0 Å². The maximum atomic E-state index is 5.52. The molecular formula is C13H21NOS. The zero-order valence-electron chi connectivity index (χ0n) is 10.1. The van der Waals surface area contributed by atoms with Crippen LogP contribution in [0.1, 0.15) is 37.6 Å². The fourth-order valence-electron chi connectivity index (χ4n) is 2.20. The Kier molecular flexibility index (Phi) is 4.38. The van der Waals surface area contributed by atoms with Crippen molar-refractivity contribution in [2.24, 2.45) is 5.92 Å². The molecule has 1 aromatic heterocycles. The Bertz CT molecular complexity index is 291. The van der Waals surface area contributed by atoms with Gasteiger partial charge in [0, 0.05) is 23.6 Å². The van der Waals surface area contributed by atoms with Gasteiger partial charge in [0.25, 0.3) is 0 Å². The minimum Gasteiger partial charge on any atom is -0.380 e. The molecule has 0 saturated carbocycles. The second kappa shape index (κ2) is 5.80. The lowest BCUT2D eigenvalue weighted by Crippen LogP contribution is -2.40. The Morgan fingerprint density at radius 1 is 1.50 bits per heavy atom. The Morgan fingerprint density at radius 3 is 2.94 bits per heavy atom. The van der Waals surface area contributed by atoms with Gasteiger partial charge < -0.3 is 10.1 Å². The molecule has 0 bridgehead atoms. The standard InChI is InChI=1S/C13H21NOS/c1-10(2)13(12-6-4-8-16-12)14-11-5-3-7-15-9-11/h4,6,8,10-11,13-14H,3,5,7,9H2,1-2H3. The summed E-state index contributed by atoms with van der Waals surface area (Å²) in [7, 11) is 0. The van der Waals surface area contributed by atoms with Crippen LogP contribution in [0, 0.1) is 5.92 Å². The van der Waals surface area contributed by atoms with E-state index in [1.54, 1.807) is 0 Å². The van der Waals surface area contributed by atoms with Gasteiger partial charge in [-0.15, -0.1) is 11.3 Å². The second-order valence-corrected chi connectivity index (χ2v) is 5.80. The first-order chi connectivity index (χ1) is 7.77. The molecule has 16 heavy (non-hydrogen) atoms. The molecule has 1 N–H and O–H groups in total. The monoisotopic (exact) mass is 239 g/mol. The molecule has 1 aliphatic rings. The molecule has 1 fully saturated rings. The molecular weight excluding hydrogens is 218 g/mol. The summed E-state index contributed by atoms with van der Waals surface area (Å²) in [4.78, 5) is 1.44. The molecule has 2 rings (SSSR count). The summed E-state index contributed by atoms with van der Waals surface area (Å²) in [5.74, 6) is 0.626. The summed E-state index contributed by atoms with van der Waals surface area (Å²) >= 11 is 1.84. The molecule has 2 unspecified atom stereocenters. The highest BCUT2D eigenvalue weighted by Gasteiger charge is 2.22. The molecule has 1 aromatic rings. The lowest BCUT2D eigenvalue weighted by Gasteiger charge is -2.30. The lowest BCUT2D eigenvalue weighted by atomic mass is 10.00. The molecule has 0 aromatic carbocycles. The second-order valence-electron chi connectivity index (χ2n) is 4.82. The summed E-state index contributed by atoms with van der Waals surface area (Å²) in [6.45, 7) is 6.36. The van der Waals surface area contributed by atoms with Gasteiger partial charge in [-0.2, -0.15) is 0 Å². The van der Waals surface area contributed by atoms with Gasteiger partial charge in [-0.1, -0.05) is 19.9 Å². The lowest BCUT2D eigenvalue weighted by molar-refractivity contribution is 0.0640. The van der Waals surface area contributed by atoms with Crippen molar-refractivity contribution >= 4 is 11.3 Å². The number of thiophene rings is 1. The summed E-state index contributed by atoms with van der Waals surface area (Å²) in [6, 6.07) is 5.37. The van der Waals surface area contributed by atoms with Crippen molar-refractivity contribution in [2.75, 3.05) is 13.2 Å². The molecule has 1 saturated heterocycles. The van der Waals surface area contributed by atoms with E-state index >= 15 is 0 Å². The highest BCUT2D eigenvalue weighted by Crippen LogP contribution is 2.27. The minimum atomic E-state index is 0.478. The molecule has 0 amide bonds. The Labute approximate surface area is 102 Å². The van der Waals surface area contributed by atoms with E-state index in [-0.39, 0.29) is 0 Å². The number of ether oxygens (including phenoxy) is 1. The topological polar surface area (TPSA) is 21.3 Å². The fourth-order valence-corrected chi connectivity index (χ4v) is 3.16. The predicted molar refractivity (Wildman–Crippen MR) is 68.9 cm³/mol. The summed E-state index contributed by atoms with van der Waals surface area (Å²) in [6.07, 6.45) is 2.43. The van der Waals surface area contributed by atoms with Crippen LogP contribution in [0.15, 0.2) is 17.5 Å². The van der Waals surface area contributed by atoms with E-state index in [1.165, 1.54) is 17.7 Å². The third-order valence-electron chi connectivity index (χ3n) is 3.09. The van der Waals surface area contributed by atoms with Gasteiger partial charge in [-0.3, -0.25) is 0 Å². The molecule has 0 aliphatic carbocycles. The number of hydrogen-bond donors (Lipinski definition) is 1. The Balaban J connectivity index is 1.97. The van der Waals surface area contributed by atoms with Gasteiger partial charge in [-0.25, -0.2) is 0 Å². The minimum absolute atomic E-state index is 0.478. The molecule has 90 valence electrons. The van der Waals surface area contributed by atoms with Crippen molar-refractivity contribution in [3.63, 3.8) is 0 Å². The SMILES string of the molecule is CC(C)C(NC1CCCOC1)c1cccs1. The normalized spacial score (nSPS) is 23.6. The molecule has 3 heteroatoms. The van der Waals surface area contributed by atoms with Crippen molar-refractivity contribution in [1.82, 2.24) is 5.32 Å². The number of nitrogens with one attached hydrogen (secondary N) is 1. The molecule has 1 aliphatic heterocycles. The largest absolute Gasteiger partial charge is 0.380 e. The first-order valence-corrected chi connectivity index (χ1v) is 7.02. The highest BCUT2D eigenvalue weighted by molar-refractivity contribution is 7.10. The van der Waals surface area contributed by atoms with E-state index in [1.807, 2.05) is 11.3 Å². The maximum absolute atomic E-state index is 5.52. The Hall–Kier alpha value is -0.380. The van der Waals surface area contributed by atoms with Crippen molar-refractivity contribution < 1.29 is 4.74 Å². The van der Waals surface area contributed by atoms with Crippen molar-refractivity contribution in [1.29, 1.82) is 0 Å². The smallest absolute Gasteiger partial charge is 0.0619 e. The van der Waals surface area contributed by atoms with E-state index in [0.717, 1.165) is 13.2 Å². The van der Waals surface area contributed by atoms with Gasteiger partial charge in [0.15, 0.2) is 0 Å². The molecule has 0 radical (unpaired) electrons. The maximum Gasteiger partial charge on any atom is 0.0619 e. The summed E-state index contributed by atoms with van der Waals surface area (Å²) in [5.41, 5.74) is 0. The predicted octanol–water partition coefficient (Wildman–Crippen LogP) is 3.21. The van der Waals surface area contributed by atoms with Crippen LogP contribution in [0.25, 0.3) is 0 Å². The number of rotatable bonds is 4. The van der Waals surface area contributed by atoms with Crippen LogP contribution in [0.2, 0.25) is 0 Å². The molecule has 2 nitrogen and oxygen atoms in total. The first-order valence-electron chi connectivity index (χ1n) is 6.14. The van der Waals surface area contributed by atoms with Crippen LogP contribution in [0.5, 0.6) is 0 Å². The van der Waals surface area contributed by atoms with E-state index < -0.39 is 0 Å². The average Bonchev–Trinajstić information content (AvgIpc) is 2.80. The van der Waals surface area contributed by atoms with Gasteiger partial charge in [-0.05, 0) is 30.2 Å². The van der Waals surface area contributed by atoms with E-state index in [9.17, 15) is 0 Å². The van der Waals surface area contributed by atoms with Crippen molar-refractivity contribution in [2.45, 2.75) is 38.8 Å². The molecule has 2 heterocycles. The van der Waals surface area contributed by atoms with Gasteiger partial charge in [0.05, 0.1) is 6.61 Å². The van der Waals surface area contributed by atoms with E-state index in [2.05, 4.69) is 36.7 Å². The van der Waals surface area contributed by atoms with E-state index in [4.69, 9.17) is 4.74 Å². The molecule has 2 atom stereocenters. The third kappa shape index (κ3) is 3.06. The molecule has 0 spiro atoms. The van der Waals surface area contributed by atoms with Crippen LogP contribution in [-0.4, -0.2) is 19.3 Å². The van der Waals surface area contributed by atoms with Crippen molar-refractivity contribution in [3.05, 3.63) is 22.4 Å². The van der Waals surface area contributed by atoms with Crippen molar-refractivity contribution in [3.8, 4) is 0 Å². The van der Waals surface area contributed by atoms with Crippen LogP contribution in [0.4, 0.5) is 0 Å². The van der Waals surface area contributed by atoms with Crippen LogP contribution in [-0.2, 0) is 4.74 Å². The highest BCUT2D eigenvalue weighted by atomic mass is 32.1. The van der Waals surface area contributed by atoms with Gasteiger partial charge in [0.2, 0.25) is 0 Å². The van der Waals surface area contributed by atoms with Gasteiger partial charge in [0.1, 0.15) is 0 Å². The zero-order valence-corrected chi connectivity index (χ0v) is 10.9.